The minimum Gasteiger partial charge on any atom is -0.495 e. The summed E-state index contributed by atoms with van der Waals surface area (Å²) in [7, 11) is -0.675. The molecule has 1 aromatic carbocycles. The highest BCUT2D eigenvalue weighted by Gasteiger charge is 2.37. The lowest BCUT2D eigenvalue weighted by molar-refractivity contribution is -0.137. The molecule has 36 heavy (non-hydrogen) atoms. The summed E-state index contributed by atoms with van der Waals surface area (Å²) in [5, 5.41) is 8.19. The number of methoxy groups -OCH3 is 1. The van der Waals surface area contributed by atoms with Gasteiger partial charge in [-0.3, -0.25) is 4.79 Å². The van der Waals surface area contributed by atoms with Gasteiger partial charge in [0.15, 0.2) is 0 Å². The van der Waals surface area contributed by atoms with Crippen molar-refractivity contribution in [1.29, 1.82) is 0 Å². The third-order valence-electron chi connectivity index (χ3n) is 5.81. The van der Waals surface area contributed by atoms with Gasteiger partial charge in [0.25, 0.3) is 5.91 Å². The number of hydrogen-bond acceptors (Lipinski definition) is 8. The molecule has 0 spiro atoms. The van der Waals surface area contributed by atoms with Gasteiger partial charge in [-0.2, -0.15) is 18.2 Å². The summed E-state index contributed by atoms with van der Waals surface area (Å²) < 4.78 is 72.6. The van der Waals surface area contributed by atoms with E-state index in [1.165, 1.54) is 20.2 Å². The largest absolute Gasteiger partial charge is 0.495 e. The number of halogens is 3. The zero-order valence-electron chi connectivity index (χ0n) is 20.3. The fraction of sp³-hybridized carbons (Fsp3) is 0.500. The van der Waals surface area contributed by atoms with E-state index in [0.717, 1.165) is 19.1 Å². The van der Waals surface area contributed by atoms with Crippen LogP contribution in [0.5, 0.6) is 5.75 Å². The first kappa shape index (κ1) is 27.5. The first-order valence-corrected chi connectivity index (χ1v) is 13.1. The molecular formula is C22H29F3N6O4S. The lowest BCUT2D eigenvalue weighted by Crippen LogP contribution is -2.48. The van der Waals surface area contributed by atoms with Crippen molar-refractivity contribution in [3.05, 3.63) is 35.0 Å². The number of ether oxygens (including phenoxy) is 1. The molecule has 1 fully saturated rings. The Labute approximate surface area is 207 Å². The van der Waals surface area contributed by atoms with Crippen molar-refractivity contribution in [3.8, 4) is 5.75 Å². The standard InChI is InChI=1S/C22H29F3N6O4S/c1-12-9-17(18(35-3)10-13(12)20(32)26-2)29-21-27-11-14(22(23,24)25)19(30-21)28-15-7-5-6-8-16(15)31-36(4,33)34/h9-11,15-16,31H,5-8H2,1-4H3,(H,26,32)(H2,27,28,29,30). The van der Waals surface area contributed by atoms with Gasteiger partial charge < -0.3 is 20.7 Å². The molecule has 10 nitrogen and oxygen atoms in total. The minimum absolute atomic E-state index is 0.140. The van der Waals surface area contributed by atoms with Gasteiger partial charge in [-0.05, 0) is 37.5 Å². The van der Waals surface area contributed by atoms with Crippen LogP contribution in [-0.4, -0.2) is 56.8 Å². The molecule has 0 bridgehead atoms. The molecule has 0 aliphatic heterocycles. The van der Waals surface area contributed by atoms with Crippen LogP contribution >= 0.6 is 0 Å². The van der Waals surface area contributed by atoms with Gasteiger partial charge in [-0.25, -0.2) is 18.1 Å². The summed E-state index contributed by atoms with van der Waals surface area (Å²) in [5.41, 5.74) is 0.245. The summed E-state index contributed by atoms with van der Waals surface area (Å²) in [6.45, 7) is 1.70. The second-order valence-electron chi connectivity index (χ2n) is 8.56. The monoisotopic (exact) mass is 530 g/mol. The predicted octanol–water partition coefficient (Wildman–Crippen LogP) is 3.19. The van der Waals surface area contributed by atoms with Gasteiger partial charge in [0, 0.05) is 30.9 Å². The van der Waals surface area contributed by atoms with Crippen LogP contribution in [-0.2, 0) is 16.2 Å². The van der Waals surface area contributed by atoms with E-state index in [1.807, 2.05) is 0 Å². The number of hydrogen-bond donors (Lipinski definition) is 4. The number of alkyl halides is 3. The summed E-state index contributed by atoms with van der Waals surface area (Å²) in [5.74, 6) is -0.662. The summed E-state index contributed by atoms with van der Waals surface area (Å²) in [6.07, 6.45) is -0.639. The molecule has 14 heteroatoms. The maximum absolute atomic E-state index is 13.7. The number of aryl methyl sites for hydroxylation is 1. The molecule has 2 atom stereocenters. The molecule has 1 amide bonds. The van der Waals surface area contributed by atoms with E-state index in [2.05, 4.69) is 30.6 Å². The zero-order valence-corrected chi connectivity index (χ0v) is 21.1. The van der Waals surface area contributed by atoms with Crippen molar-refractivity contribution in [1.82, 2.24) is 20.0 Å². The lowest BCUT2D eigenvalue weighted by atomic mass is 9.91. The molecule has 1 aliphatic rings. The van der Waals surface area contributed by atoms with Crippen molar-refractivity contribution < 1.29 is 31.1 Å². The number of anilines is 3. The number of sulfonamides is 1. The van der Waals surface area contributed by atoms with E-state index in [-0.39, 0.29) is 17.6 Å². The Balaban J connectivity index is 1.96. The Morgan fingerprint density at radius 2 is 1.83 bits per heavy atom. The van der Waals surface area contributed by atoms with Crippen LogP contribution in [0.4, 0.5) is 30.6 Å². The maximum atomic E-state index is 13.7. The Bertz CT molecular complexity index is 1220. The Kier molecular flexibility index (Phi) is 8.29. The number of aromatic nitrogens is 2. The SMILES string of the molecule is CNC(=O)c1cc(OC)c(Nc2ncc(C(F)(F)F)c(NC3CCCCC3NS(C)(=O)=O)n2)cc1C. The van der Waals surface area contributed by atoms with E-state index in [4.69, 9.17) is 4.74 Å². The molecule has 3 rings (SSSR count). The van der Waals surface area contributed by atoms with Crippen LogP contribution in [0.2, 0.25) is 0 Å². The molecule has 1 aliphatic carbocycles. The first-order valence-electron chi connectivity index (χ1n) is 11.2. The average Bonchev–Trinajstić information content (AvgIpc) is 2.78. The highest BCUT2D eigenvalue weighted by Crippen LogP contribution is 2.36. The number of carbonyl (C=O) groups is 1. The lowest BCUT2D eigenvalue weighted by Gasteiger charge is -2.33. The van der Waals surface area contributed by atoms with E-state index < -0.39 is 39.7 Å². The molecule has 1 aromatic heterocycles. The summed E-state index contributed by atoms with van der Waals surface area (Å²) in [6, 6.07) is 1.93. The molecule has 1 saturated carbocycles. The van der Waals surface area contributed by atoms with Crippen LogP contribution < -0.4 is 25.4 Å². The highest BCUT2D eigenvalue weighted by molar-refractivity contribution is 7.88. The van der Waals surface area contributed by atoms with Gasteiger partial charge >= 0.3 is 6.18 Å². The van der Waals surface area contributed by atoms with E-state index in [1.54, 1.807) is 13.0 Å². The van der Waals surface area contributed by atoms with Crippen molar-refractivity contribution in [3.63, 3.8) is 0 Å². The Morgan fingerprint density at radius 3 is 2.42 bits per heavy atom. The number of benzene rings is 1. The normalized spacial score (nSPS) is 18.4. The summed E-state index contributed by atoms with van der Waals surface area (Å²) in [4.78, 5) is 20.0. The van der Waals surface area contributed by atoms with Crippen LogP contribution in [0.25, 0.3) is 0 Å². The van der Waals surface area contributed by atoms with E-state index >= 15 is 0 Å². The van der Waals surface area contributed by atoms with Crippen molar-refractivity contribution in [2.75, 3.05) is 31.0 Å². The molecular weight excluding hydrogens is 501 g/mol. The van der Waals surface area contributed by atoms with Gasteiger partial charge in [0.1, 0.15) is 17.1 Å². The quantitative estimate of drug-likeness (QED) is 0.409. The Hall–Kier alpha value is -3.13. The first-order chi connectivity index (χ1) is 16.8. The molecule has 198 valence electrons. The fourth-order valence-electron chi connectivity index (χ4n) is 4.11. The van der Waals surface area contributed by atoms with Crippen LogP contribution in [0.15, 0.2) is 18.3 Å². The molecule has 0 radical (unpaired) electrons. The number of nitrogens with one attached hydrogen (secondary N) is 4. The van der Waals surface area contributed by atoms with Gasteiger partial charge in [0.2, 0.25) is 16.0 Å². The molecule has 2 aromatic rings. The molecule has 2 unspecified atom stereocenters. The Morgan fingerprint density at radius 1 is 1.17 bits per heavy atom. The van der Waals surface area contributed by atoms with Crippen molar-refractivity contribution in [2.24, 2.45) is 0 Å². The number of carbonyl (C=O) groups excluding carboxylic acids is 1. The third-order valence-corrected chi connectivity index (χ3v) is 6.54. The summed E-state index contributed by atoms with van der Waals surface area (Å²) >= 11 is 0. The molecule has 0 saturated heterocycles. The second-order valence-corrected chi connectivity index (χ2v) is 10.3. The van der Waals surface area contributed by atoms with Crippen molar-refractivity contribution in [2.45, 2.75) is 50.9 Å². The molecule has 4 N–H and O–H groups in total. The van der Waals surface area contributed by atoms with Gasteiger partial charge in [0.05, 0.1) is 19.1 Å². The molecule has 1 heterocycles. The average molecular weight is 531 g/mol. The number of amides is 1. The highest BCUT2D eigenvalue weighted by atomic mass is 32.2. The van der Waals surface area contributed by atoms with Crippen LogP contribution in [0, 0.1) is 6.92 Å². The number of rotatable bonds is 8. The van der Waals surface area contributed by atoms with Gasteiger partial charge in [-0.15, -0.1) is 0 Å². The minimum atomic E-state index is -4.74. The fourth-order valence-corrected chi connectivity index (χ4v) is 4.94. The predicted molar refractivity (Wildman–Crippen MR) is 129 cm³/mol. The van der Waals surface area contributed by atoms with Crippen molar-refractivity contribution >= 4 is 33.4 Å². The smallest absolute Gasteiger partial charge is 0.421 e. The topological polar surface area (TPSA) is 134 Å². The zero-order chi connectivity index (χ0) is 26.7. The van der Waals surface area contributed by atoms with Gasteiger partial charge in [-0.1, -0.05) is 12.8 Å². The number of nitrogens with zero attached hydrogens (tertiary/aromatic N) is 2. The maximum Gasteiger partial charge on any atom is 0.421 e. The second kappa shape index (κ2) is 10.9. The third kappa shape index (κ3) is 6.75. The van der Waals surface area contributed by atoms with Crippen LogP contribution in [0.3, 0.4) is 0 Å². The van der Waals surface area contributed by atoms with E-state index in [9.17, 15) is 26.4 Å². The van der Waals surface area contributed by atoms with Crippen LogP contribution in [0.1, 0.15) is 47.2 Å². The van der Waals surface area contributed by atoms with E-state index in [0.29, 0.717) is 35.9 Å².